The van der Waals surface area contributed by atoms with E-state index in [9.17, 15) is 9.90 Å². The summed E-state index contributed by atoms with van der Waals surface area (Å²) in [5, 5.41) is 15.2. The van der Waals surface area contributed by atoms with E-state index in [1.54, 1.807) is 35.2 Å². The van der Waals surface area contributed by atoms with Crippen LogP contribution in [0.25, 0.3) is 0 Å². The molecule has 0 saturated carbocycles. The van der Waals surface area contributed by atoms with Gasteiger partial charge in [-0.05, 0) is 13.0 Å². The first kappa shape index (κ1) is 16.0. The largest absolute Gasteiger partial charge is 0.392 e. The number of aryl methyl sites for hydroxylation is 1. The number of nitrogens with zero attached hydrogens (tertiary/aromatic N) is 1. The highest BCUT2D eigenvalue weighted by Gasteiger charge is 2.06. The number of rotatable bonds is 7. The minimum Gasteiger partial charge on any atom is -0.392 e. The van der Waals surface area contributed by atoms with Crippen molar-refractivity contribution in [2.75, 3.05) is 11.1 Å². The highest BCUT2D eigenvalue weighted by Crippen LogP contribution is 2.17. The fourth-order valence-electron chi connectivity index (χ4n) is 1.81. The summed E-state index contributed by atoms with van der Waals surface area (Å²) in [6.45, 7) is 1.92. The van der Waals surface area contributed by atoms with Crippen molar-refractivity contribution in [3.8, 4) is 0 Å². The quantitative estimate of drug-likeness (QED) is 0.769. The summed E-state index contributed by atoms with van der Waals surface area (Å²) in [5.41, 5.74) is 2.50. The molecule has 0 atom stereocenters. The van der Waals surface area contributed by atoms with Crippen molar-refractivity contribution >= 4 is 34.7 Å². The van der Waals surface area contributed by atoms with E-state index in [1.807, 2.05) is 19.1 Å². The van der Waals surface area contributed by atoms with Gasteiger partial charge in [0.05, 0.1) is 17.3 Å². The number of hydrogen-bond acceptors (Lipinski definition) is 5. The molecule has 6 heteroatoms. The van der Waals surface area contributed by atoms with Crippen LogP contribution in [0.4, 0.5) is 5.69 Å². The van der Waals surface area contributed by atoms with Gasteiger partial charge in [-0.3, -0.25) is 4.79 Å². The van der Waals surface area contributed by atoms with Crippen LogP contribution in [0.3, 0.4) is 0 Å². The second kappa shape index (κ2) is 8.17. The Labute approximate surface area is 132 Å². The van der Waals surface area contributed by atoms with Crippen molar-refractivity contribution in [1.82, 2.24) is 4.98 Å². The van der Waals surface area contributed by atoms with Gasteiger partial charge in [0.1, 0.15) is 0 Å². The Morgan fingerprint density at radius 2 is 2.24 bits per heavy atom. The third-order valence-electron chi connectivity index (χ3n) is 2.85. The number of amides is 1. The zero-order valence-corrected chi connectivity index (χ0v) is 13.5. The van der Waals surface area contributed by atoms with Crippen LogP contribution >= 0.6 is 23.1 Å². The number of nitrogens with one attached hydrogen (secondary N) is 1. The SMILES string of the molecule is Cc1nc(CSCCC(=O)Nc2ccccc2CO)cs1. The molecule has 0 unspecified atom stereocenters. The summed E-state index contributed by atoms with van der Waals surface area (Å²) in [5.74, 6) is 1.56. The molecule has 1 aromatic carbocycles. The Hall–Kier alpha value is -1.37. The standard InChI is InChI=1S/C15H18N2O2S2/c1-11-16-13(10-21-11)9-20-7-6-15(19)17-14-5-3-2-4-12(14)8-18/h2-5,10,18H,6-9H2,1H3,(H,17,19). The van der Waals surface area contributed by atoms with E-state index < -0.39 is 0 Å². The molecule has 0 aliphatic carbocycles. The van der Waals surface area contributed by atoms with Gasteiger partial charge < -0.3 is 10.4 Å². The van der Waals surface area contributed by atoms with Crippen LogP contribution in [-0.2, 0) is 17.2 Å². The monoisotopic (exact) mass is 322 g/mol. The number of thioether (sulfide) groups is 1. The molecule has 2 N–H and O–H groups in total. The maximum atomic E-state index is 11.9. The van der Waals surface area contributed by atoms with Gasteiger partial charge in [-0.2, -0.15) is 11.8 Å². The number of para-hydroxylation sites is 1. The number of carbonyl (C=O) groups is 1. The summed E-state index contributed by atoms with van der Waals surface area (Å²) in [4.78, 5) is 16.3. The first-order chi connectivity index (χ1) is 10.2. The number of benzene rings is 1. The molecule has 2 rings (SSSR count). The van der Waals surface area contributed by atoms with Crippen molar-refractivity contribution in [3.05, 3.63) is 45.9 Å². The molecule has 21 heavy (non-hydrogen) atoms. The molecule has 1 aromatic heterocycles. The number of anilines is 1. The van der Waals surface area contributed by atoms with E-state index >= 15 is 0 Å². The van der Waals surface area contributed by atoms with E-state index in [4.69, 9.17) is 0 Å². The predicted molar refractivity (Wildman–Crippen MR) is 88.6 cm³/mol. The number of thiazole rings is 1. The number of carbonyl (C=O) groups excluding carboxylic acids is 1. The van der Waals surface area contributed by atoms with Gasteiger partial charge in [0.25, 0.3) is 0 Å². The Morgan fingerprint density at radius 3 is 2.95 bits per heavy atom. The lowest BCUT2D eigenvalue weighted by Gasteiger charge is -2.08. The molecule has 4 nitrogen and oxygen atoms in total. The van der Waals surface area contributed by atoms with Crippen molar-refractivity contribution in [1.29, 1.82) is 0 Å². The maximum absolute atomic E-state index is 11.9. The average molecular weight is 322 g/mol. The summed E-state index contributed by atoms with van der Waals surface area (Å²) in [6.07, 6.45) is 0.452. The van der Waals surface area contributed by atoms with Crippen molar-refractivity contribution in [3.63, 3.8) is 0 Å². The molecule has 1 heterocycles. The van der Waals surface area contributed by atoms with E-state index in [1.165, 1.54) is 0 Å². The number of aromatic nitrogens is 1. The first-order valence-electron chi connectivity index (χ1n) is 6.66. The second-order valence-electron chi connectivity index (χ2n) is 4.52. The van der Waals surface area contributed by atoms with Crippen LogP contribution < -0.4 is 5.32 Å². The van der Waals surface area contributed by atoms with Crippen LogP contribution in [-0.4, -0.2) is 21.8 Å². The molecule has 112 valence electrons. The minimum atomic E-state index is -0.0750. The Balaban J connectivity index is 1.72. The first-order valence-corrected chi connectivity index (χ1v) is 8.70. The van der Waals surface area contributed by atoms with E-state index in [0.29, 0.717) is 12.1 Å². The van der Waals surface area contributed by atoms with Gasteiger partial charge in [0, 0.05) is 34.6 Å². The molecule has 0 radical (unpaired) electrons. The lowest BCUT2D eigenvalue weighted by atomic mass is 10.2. The van der Waals surface area contributed by atoms with Gasteiger partial charge in [-0.15, -0.1) is 11.3 Å². The molecule has 0 spiro atoms. The summed E-state index contributed by atoms with van der Waals surface area (Å²) >= 11 is 3.35. The summed E-state index contributed by atoms with van der Waals surface area (Å²) in [6, 6.07) is 7.28. The molecule has 0 aliphatic heterocycles. The van der Waals surface area contributed by atoms with Crippen molar-refractivity contribution in [2.45, 2.75) is 25.7 Å². The molecule has 0 aliphatic rings. The topological polar surface area (TPSA) is 62.2 Å². The van der Waals surface area contributed by atoms with E-state index in [0.717, 1.165) is 27.8 Å². The molecular weight excluding hydrogens is 304 g/mol. The average Bonchev–Trinajstić information content (AvgIpc) is 2.90. The lowest BCUT2D eigenvalue weighted by molar-refractivity contribution is -0.115. The lowest BCUT2D eigenvalue weighted by Crippen LogP contribution is -2.13. The van der Waals surface area contributed by atoms with Crippen LogP contribution in [0.1, 0.15) is 22.7 Å². The molecule has 0 bridgehead atoms. The molecule has 0 saturated heterocycles. The smallest absolute Gasteiger partial charge is 0.225 e. The summed E-state index contributed by atoms with van der Waals surface area (Å²) in [7, 11) is 0. The van der Waals surface area contributed by atoms with Gasteiger partial charge in [-0.25, -0.2) is 4.98 Å². The summed E-state index contributed by atoms with van der Waals surface area (Å²) < 4.78 is 0. The number of hydrogen-bond donors (Lipinski definition) is 2. The zero-order valence-electron chi connectivity index (χ0n) is 11.8. The number of aliphatic hydroxyl groups excluding tert-OH is 1. The highest BCUT2D eigenvalue weighted by atomic mass is 32.2. The maximum Gasteiger partial charge on any atom is 0.225 e. The van der Waals surface area contributed by atoms with Gasteiger partial charge in [0.2, 0.25) is 5.91 Å². The minimum absolute atomic E-state index is 0.0298. The van der Waals surface area contributed by atoms with Crippen LogP contribution in [0, 0.1) is 6.92 Å². The highest BCUT2D eigenvalue weighted by molar-refractivity contribution is 7.98. The Morgan fingerprint density at radius 1 is 1.43 bits per heavy atom. The molecular formula is C15H18N2O2S2. The van der Waals surface area contributed by atoms with Crippen LogP contribution in [0.2, 0.25) is 0 Å². The Kier molecular flexibility index (Phi) is 6.22. The third-order valence-corrected chi connectivity index (χ3v) is 4.67. The predicted octanol–water partition coefficient (Wildman–Crippen LogP) is 3.21. The van der Waals surface area contributed by atoms with E-state index in [-0.39, 0.29) is 12.5 Å². The zero-order chi connectivity index (χ0) is 15.1. The van der Waals surface area contributed by atoms with E-state index in [2.05, 4.69) is 15.7 Å². The molecule has 2 aromatic rings. The normalized spacial score (nSPS) is 10.6. The number of aliphatic hydroxyl groups is 1. The fraction of sp³-hybridized carbons (Fsp3) is 0.333. The van der Waals surface area contributed by atoms with Crippen molar-refractivity contribution in [2.24, 2.45) is 0 Å². The van der Waals surface area contributed by atoms with Gasteiger partial charge >= 0.3 is 0 Å². The van der Waals surface area contributed by atoms with Crippen LogP contribution in [0.15, 0.2) is 29.6 Å². The second-order valence-corrected chi connectivity index (χ2v) is 6.69. The van der Waals surface area contributed by atoms with Crippen molar-refractivity contribution < 1.29 is 9.90 Å². The third kappa shape index (κ3) is 5.15. The Bertz CT molecular complexity index is 599. The molecule has 1 amide bonds. The van der Waals surface area contributed by atoms with Gasteiger partial charge in [0.15, 0.2) is 0 Å². The molecule has 0 fully saturated rings. The fourth-order valence-corrected chi connectivity index (χ4v) is 3.36. The van der Waals surface area contributed by atoms with Crippen LogP contribution in [0.5, 0.6) is 0 Å². The van der Waals surface area contributed by atoms with Gasteiger partial charge in [-0.1, -0.05) is 18.2 Å².